The lowest BCUT2D eigenvalue weighted by Crippen LogP contribution is -2.39. The molecule has 0 heterocycles. The number of nitrogens with one attached hydrogen (secondary N) is 2. The molecule has 0 spiro atoms. The zero-order valence-corrected chi connectivity index (χ0v) is 11.6. The van der Waals surface area contributed by atoms with Gasteiger partial charge in [-0.15, -0.1) is 0 Å². The number of hydrogen-bond acceptors (Lipinski definition) is 2. The molecule has 0 saturated heterocycles. The van der Waals surface area contributed by atoms with Gasteiger partial charge in [0.25, 0.3) is 0 Å². The van der Waals surface area contributed by atoms with E-state index in [1.807, 2.05) is 18.2 Å². The van der Waals surface area contributed by atoms with Crippen LogP contribution in [0.3, 0.4) is 0 Å². The summed E-state index contributed by atoms with van der Waals surface area (Å²) < 4.78 is 0. The SMILES string of the molecule is C[C@@]1(CNC(=O)NCCC(=O)O)C[C@H]1c1ccccc1. The Labute approximate surface area is 118 Å². The summed E-state index contributed by atoms with van der Waals surface area (Å²) in [4.78, 5) is 21.9. The molecule has 1 aliphatic rings. The Morgan fingerprint density at radius 1 is 1.30 bits per heavy atom. The normalized spacial score (nSPS) is 23.9. The van der Waals surface area contributed by atoms with Crippen LogP contribution < -0.4 is 10.6 Å². The first-order valence-electron chi connectivity index (χ1n) is 6.80. The summed E-state index contributed by atoms with van der Waals surface area (Å²) in [5.74, 6) is -0.424. The smallest absolute Gasteiger partial charge is 0.314 e. The minimum atomic E-state index is -0.913. The summed E-state index contributed by atoms with van der Waals surface area (Å²) in [6.07, 6.45) is 1.00. The van der Waals surface area contributed by atoms with Crippen molar-refractivity contribution in [3.63, 3.8) is 0 Å². The average molecular weight is 276 g/mol. The molecule has 1 aromatic rings. The Hall–Kier alpha value is -2.04. The van der Waals surface area contributed by atoms with Gasteiger partial charge in [-0.3, -0.25) is 4.79 Å². The molecule has 5 heteroatoms. The summed E-state index contributed by atoms with van der Waals surface area (Å²) in [6.45, 7) is 2.91. The number of carboxylic acids is 1. The molecule has 2 atom stereocenters. The molecule has 5 nitrogen and oxygen atoms in total. The van der Waals surface area contributed by atoms with Gasteiger partial charge in [0.15, 0.2) is 0 Å². The fraction of sp³-hybridized carbons (Fsp3) is 0.467. The first-order valence-corrected chi connectivity index (χ1v) is 6.80. The van der Waals surface area contributed by atoms with Crippen molar-refractivity contribution in [2.24, 2.45) is 5.41 Å². The van der Waals surface area contributed by atoms with Gasteiger partial charge >= 0.3 is 12.0 Å². The number of rotatable bonds is 6. The standard InChI is InChI=1S/C15H20N2O3/c1-15(9-12(15)11-5-3-2-4-6-11)10-17-14(20)16-8-7-13(18)19/h2-6,12H,7-10H2,1H3,(H,18,19)(H2,16,17,20)/t12-,15-/m0/s1. The Morgan fingerprint density at radius 2 is 2.00 bits per heavy atom. The van der Waals surface area contributed by atoms with Crippen molar-refractivity contribution in [1.82, 2.24) is 10.6 Å². The number of carbonyl (C=O) groups excluding carboxylic acids is 1. The van der Waals surface area contributed by atoms with E-state index in [4.69, 9.17) is 5.11 Å². The van der Waals surface area contributed by atoms with Gasteiger partial charge in [-0.1, -0.05) is 37.3 Å². The van der Waals surface area contributed by atoms with Gasteiger partial charge in [0.1, 0.15) is 0 Å². The van der Waals surface area contributed by atoms with Crippen LogP contribution in [0.4, 0.5) is 4.79 Å². The van der Waals surface area contributed by atoms with E-state index in [2.05, 4.69) is 29.7 Å². The molecule has 0 aliphatic heterocycles. The van der Waals surface area contributed by atoms with E-state index in [1.165, 1.54) is 5.56 Å². The first kappa shape index (κ1) is 14.4. The highest BCUT2D eigenvalue weighted by molar-refractivity contribution is 5.75. The number of benzene rings is 1. The van der Waals surface area contributed by atoms with E-state index in [9.17, 15) is 9.59 Å². The maximum Gasteiger partial charge on any atom is 0.314 e. The highest BCUT2D eigenvalue weighted by Gasteiger charge is 2.50. The van der Waals surface area contributed by atoms with Crippen molar-refractivity contribution in [3.05, 3.63) is 35.9 Å². The minimum Gasteiger partial charge on any atom is -0.481 e. The molecular weight excluding hydrogens is 256 g/mol. The van der Waals surface area contributed by atoms with Crippen LogP contribution in [0.1, 0.15) is 31.2 Å². The Morgan fingerprint density at radius 3 is 2.65 bits per heavy atom. The molecule has 1 aliphatic carbocycles. The second-order valence-electron chi connectivity index (χ2n) is 5.57. The molecule has 108 valence electrons. The van der Waals surface area contributed by atoms with Gasteiger partial charge in [-0.05, 0) is 23.3 Å². The van der Waals surface area contributed by atoms with Gasteiger partial charge in [-0.2, -0.15) is 0 Å². The van der Waals surface area contributed by atoms with E-state index in [-0.39, 0.29) is 24.4 Å². The molecule has 2 amide bonds. The lowest BCUT2D eigenvalue weighted by molar-refractivity contribution is -0.136. The Bertz CT molecular complexity index is 489. The third kappa shape index (κ3) is 3.73. The topological polar surface area (TPSA) is 78.4 Å². The minimum absolute atomic E-state index is 0.0582. The van der Waals surface area contributed by atoms with Crippen LogP contribution in [-0.2, 0) is 4.79 Å². The highest BCUT2D eigenvalue weighted by Crippen LogP contribution is 2.58. The quantitative estimate of drug-likeness (QED) is 0.743. The molecule has 0 radical (unpaired) electrons. The molecule has 20 heavy (non-hydrogen) atoms. The summed E-state index contributed by atoms with van der Waals surface area (Å²) in [7, 11) is 0. The molecule has 0 bridgehead atoms. The second kappa shape index (κ2) is 5.94. The maximum atomic E-state index is 11.5. The number of carboxylic acid groups (broad SMARTS) is 1. The summed E-state index contributed by atoms with van der Waals surface area (Å²) in [6, 6.07) is 9.98. The summed E-state index contributed by atoms with van der Waals surface area (Å²) in [5, 5.41) is 13.8. The number of urea groups is 1. The molecule has 3 N–H and O–H groups in total. The molecule has 0 unspecified atom stereocenters. The Balaban J connectivity index is 1.72. The number of aliphatic carboxylic acids is 1. The maximum absolute atomic E-state index is 11.5. The van der Waals surface area contributed by atoms with E-state index >= 15 is 0 Å². The van der Waals surface area contributed by atoms with Crippen molar-refractivity contribution in [2.75, 3.05) is 13.1 Å². The van der Waals surface area contributed by atoms with Gasteiger partial charge in [0, 0.05) is 13.1 Å². The van der Waals surface area contributed by atoms with Crippen molar-refractivity contribution < 1.29 is 14.7 Å². The van der Waals surface area contributed by atoms with Crippen LogP contribution in [-0.4, -0.2) is 30.2 Å². The van der Waals surface area contributed by atoms with Crippen molar-refractivity contribution >= 4 is 12.0 Å². The molecule has 1 saturated carbocycles. The number of hydrogen-bond donors (Lipinski definition) is 3. The van der Waals surface area contributed by atoms with Crippen LogP contribution in [0, 0.1) is 5.41 Å². The van der Waals surface area contributed by atoms with E-state index in [0.717, 1.165) is 6.42 Å². The first-order chi connectivity index (χ1) is 9.51. The van der Waals surface area contributed by atoms with Gasteiger partial charge in [0.05, 0.1) is 6.42 Å². The van der Waals surface area contributed by atoms with Gasteiger partial charge in [0.2, 0.25) is 0 Å². The highest BCUT2D eigenvalue weighted by atomic mass is 16.4. The van der Waals surface area contributed by atoms with Crippen LogP contribution >= 0.6 is 0 Å². The largest absolute Gasteiger partial charge is 0.481 e. The van der Waals surface area contributed by atoms with Crippen molar-refractivity contribution in [2.45, 2.75) is 25.7 Å². The van der Waals surface area contributed by atoms with Crippen LogP contribution in [0.25, 0.3) is 0 Å². The molecule has 2 rings (SSSR count). The van der Waals surface area contributed by atoms with Crippen molar-refractivity contribution in [3.8, 4) is 0 Å². The lowest BCUT2D eigenvalue weighted by atomic mass is 10.0. The summed E-state index contributed by atoms with van der Waals surface area (Å²) in [5.41, 5.74) is 1.41. The second-order valence-corrected chi connectivity index (χ2v) is 5.57. The molecule has 0 aromatic heterocycles. The predicted molar refractivity (Wildman–Crippen MR) is 75.6 cm³/mol. The van der Waals surface area contributed by atoms with Crippen LogP contribution in [0.5, 0.6) is 0 Å². The molecule has 1 fully saturated rings. The van der Waals surface area contributed by atoms with Crippen molar-refractivity contribution in [1.29, 1.82) is 0 Å². The fourth-order valence-electron chi connectivity index (χ4n) is 2.44. The fourth-order valence-corrected chi connectivity index (χ4v) is 2.44. The van der Waals surface area contributed by atoms with Gasteiger partial charge < -0.3 is 15.7 Å². The van der Waals surface area contributed by atoms with E-state index < -0.39 is 5.97 Å². The number of carbonyl (C=O) groups is 2. The zero-order valence-electron chi connectivity index (χ0n) is 11.6. The van der Waals surface area contributed by atoms with Crippen LogP contribution in [0.15, 0.2) is 30.3 Å². The summed E-state index contributed by atoms with van der Waals surface area (Å²) >= 11 is 0. The lowest BCUT2D eigenvalue weighted by Gasteiger charge is -2.13. The average Bonchev–Trinajstić information content (AvgIpc) is 3.10. The monoisotopic (exact) mass is 276 g/mol. The molecular formula is C15H20N2O3. The third-order valence-electron chi connectivity index (χ3n) is 3.83. The Kier molecular flexibility index (Phi) is 4.27. The van der Waals surface area contributed by atoms with Gasteiger partial charge in [-0.25, -0.2) is 4.79 Å². The van der Waals surface area contributed by atoms with E-state index in [1.54, 1.807) is 0 Å². The third-order valence-corrected chi connectivity index (χ3v) is 3.83. The number of amides is 2. The predicted octanol–water partition coefficient (Wildman–Crippen LogP) is 1.95. The zero-order chi connectivity index (χ0) is 14.6. The molecule has 1 aromatic carbocycles. The van der Waals surface area contributed by atoms with E-state index in [0.29, 0.717) is 12.5 Å². The van der Waals surface area contributed by atoms with Crippen LogP contribution in [0.2, 0.25) is 0 Å².